The van der Waals surface area contributed by atoms with Crippen molar-refractivity contribution in [2.24, 2.45) is 0 Å². The fraction of sp³-hybridized carbons (Fsp3) is 0.214. The van der Waals surface area contributed by atoms with Crippen LogP contribution in [0.4, 0.5) is 5.00 Å². The number of ketones is 1. The number of thiophene rings is 1. The topological polar surface area (TPSA) is 43.1 Å². The summed E-state index contributed by atoms with van der Waals surface area (Å²) in [4.78, 5) is 15.0. The largest absolute Gasteiger partial charge is 0.390 e. The Morgan fingerprint density at radius 1 is 1.26 bits per heavy atom. The first-order valence-electron chi connectivity index (χ1n) is 6.04. The van der Waals surface area contributed by atoms with E-state index < -0.39 is 0 Å². The molecule has 0 fully saturated rings. The average molecular weight is 354 g/mol. The second-order valence-corrected chi connectivity index (χ2v) is 7.26. The number of nitrogens with two attached hydrogens (primary N) is 1. The minimum absolute atomic E-state index is 0.0584. The molecule has 1 aliphatic rings. The number of anilines is 1. The summed E-state index contributed by atoms with van der Waals surface area (Å²) >= 11 is 4.90. The third kappa shape index (κ3) is 2.35. The van der Waals surface area contributed by atoms with Crippen LogP contribution in [0.1, 0.15) is 32.8 Å². The van der Waals surface area contributed by atoms with Crippen molar-refractivity contribution < 1.29 is 4.79 Å². The van der Waals surface area contributed by atoms with E-state index in [2.05, 4.69) is 14.8 Å². The minimum atomic E-state index is 0.0584. The second kappa shape index (κ2) is 5.31. The van der Waals surface area contributed by atoms with E-state index >= 15 is 0 Å². The number of carbonyl (C=O) groups excluding carboxylic acids is 1. The van der Waals surface area contributed by atoms with Crippen molar-refractivity contribution in [1.29, 1.82) is 0 Å². The van der Waals surface area contributed by atoms with Crippen LogP contribution < -0.4 is 5.73 Å². The lowest BCUT2D eigenvalue weighted by Gasteiger charge is -2.04. The monoisotopic (exact) mass is 353 g/mol. The highest BCUT2D eigenvalue weighted by atomic mass is 79.9. The minimum Gasteiger partial charge on any atom is -0.390 e. The molecular formula is C14H12BrNOS2. The van der Waals surface area contributed by atoms with Crippen LogP contribution in [-0.2, 0) is 12.8 Å². The molecule has 0 saturated heterocycles. The SMILES string of the molecule is Nc1sc2c(c1C(=O)c1ccc(SBr)cc1)CCC2. The molecule has 98 valence electrons. The Morgan fingerprint density at radius 2 is 2.00 bits per heavy atom. The Labute approximate surface area is 127 Å². The van der Waals surface area contributed by atoms with Crippen LogP contribution in [0.3, 0.4) is 0 Å². The number of benzene rings is 1. The summed E-state index contributed by atoms with van der Waals surface area (Å²) < 4.78 is 0. The van der Waals surface area contributed by atoms with Crippen LogP contribution in [0.5, 0.6) is 0 Å². The van der Waals surface area contributed by atoms with Crippen molar-refractivity contribution >= 4 is 47.1 Å². The summed E-state index contributed by atoms with van der Waals surface area (Å²) in [5.74, 6) is 0.0584. The number of nitrogen functional groups attached to an aromatic ring is 1. The summed E-state index contributed by atoms with van der Waals surface area (Å²) in [6.07, 6.45) is 3.19. The van der Waals surface area contributed by atoms with Gasteiger partial charge in [-0.15, -0.1) is 11.3 Å². The van der Waals surface area contributed by atoms with Crippen LogP contribution >= 0.6 is 36.3 Å². The number of fused-ring (bicyclic) bond motifs is 1. The zero-order valence-corrected chi connectivity index (χ0v) is 13.3. The first-order chi connectivity index (χ1) is 9.20. The Morgan fingerprint density at radius 3 is 2.68 bits per heavy atom. The Balaban J connectivity index is 1.99. The van der Waals surface area contributed by atoms with Crippen molar-refractivity contribution in [3.05, 3.63) is 45.8 Å². The van der Waals surface area contributed by atoms with Gasteiger partial charge in [0, 0.05) is 15.3 Å². The average Bonchev–Trinajstić information content (AvgIpc) is 2.98. The van der Waals surface area contributed by atoms with Gasteiger partial charge in [-0.2, -0.15) is 0 Å². The third-order valence-electron chi connectivity index (χ3n) is 3.38. The van der Waals surface area contributed by atoms with Crippen LogP contribution in [0, 0.1) is 0 Å². The quantitative estimate of drug-likeness (QED) is 0.828. The maximum atomic E-state index is 12.6. The number of hydrogen-bond acceptors (Lipinski definition) is 4. The van der Waals surface area contributed by atoms with E-state index in [9.17, 15) is 4.79 Å². The van der Waals surface area contributed by atoms with Crippen LogP contribution in [0.2, 0.25) is 0 Å². The molecule has 1 aromatic carbocycles. The van der Waals surface area contributed by atoms with E-state index in [4.69, 9.17) is 5.73 Å². The van der Waals surface area contributed by atoms with Crippen molar-refractivity contribution in [2.75, 3.05) is 5.73 Å². The summed E-state index contributed by atoms with van der Waals surface area (Å²) in [5.41, 5.74) is 8.68. The number of halogens is 1. The van der Waals surface area contributed by atoms with E-state index in [0.29, 0.717) is 10.6 Å². The second-order valence-electron chi connectivity index (χ2n) is 4.53. The highest BCUT2D eigenvalue weighted by molar-refractivity contribution is 9.50. The summed E-state index contributed by atoms with van der Waals surface area (Å²) in [5, 5.41) is 0.675. The van der Waals surface area contributed by atoms with Gasteiger partial charge in [0.2, 0.25) is 0 Å². The smallest absolute Gasteiger partial charge is 0.196 e. The molecule has 1 aliphatic carbocycles. The van der Waals surface area contributed by atoms with E-state index in [-0.39, 0.29) is 5.78 Å². The van der Waals surface area contributed by atoms with Gasteiger partial charge in [-0.3, -0.25) is 4.79 Å². The third-order valence-corrected chi connectivity index (χ3v) is 6.07. The fourth-order valence-electron chi connectivity index (χ4n) is 2.48. The number of hydrogen-bond donors (Lipinski definition) is 1. The normalized spacial score (nSPS) is 13.5. The Kier molecular flexibility index (Phi) is 3.69. The van der Waals surface area contributed by atoms with Gasteiger partial charge in [0.05, 0.1) is 10.6 Å². The standard InChI is InChI=1S/C14H12BrNOS2/c15-19-9-6-4-8(5-7-9)13(17)12-10-2-1-3-11(10)18-14(12)16/h4-7H,1-3,16H2. The zero-order chi connectivity index (χ0) is 13.4. The van der Waals surface area contributed by atoms with Crippen molar-refractivity contribution in [3.63, 3.8) is 0 Å². The number of carbonyl (C=O) groups is 1. The lowest BCUT2D eigenvalue weighted by molar-refractivity contribution is 0.103. The highest BCUT2D eigenvalue weighted by Gasteiger charge is 2.25. The van der Waals surface area contributed by atoms with E-state index in [0.717, 1.165) is 29.7 Å². The Hall–Kier alpha value is -0.780. The lowest BCUT2D eigenvalue weighted by atomic mass is 10.0. The molecule has 3 rings (SSSR count). The fourth-order valence-corrected chi connectivity index (χ4v) is 4.52. The molecule has 0 bridgehead atoms. The first-order valence-corrected chi connectivity index (χ1v) is 9.51. The van der Waals surface area contributed by atoms with Crippen LogP contribution in [-0.4, -0.2) is 5.78 Å². The first kappa shape index (κ1) is 13.2. The van der Waals surface area contributed by atoms with Gasteiger partial charge in [-0.05, 0) is 74.1 Å². The van der Waals surface area contributed by atoms with Gasteiger partial charge in [-0.25, -0.2) is 0 Å². The molecule has 0 aliphatic heterocycles. The molecule has 19 heavy (non-hydrogen) atoms. The van der Waals surface area contributed by atoms with Gasteiger partial charge >= 0.3 is 0 Å². The van der Waals surface area contributed by atoms with E-state index in [1.807, 2.05) is 24.3 Å². The number of aryl methyl sites for hydroxylation is 1. The summed E-state index contributed by atoms with van der Waals surface area (Å²) in [6, 6.07) is 7.61. The summed E-state index contributed by atoms with van der Waals surface area (Å²) in [6.45, 7) is 0. The van der Waals surface area contributed by atoms with Gasteiger partial charge in [-0.1, -0.05) is 0 Å². The molecule has 1 aromatic heterocycles. The van der Waals surface area contributed by atoms with Crippen LogP contribution in [0.15, 0.2) is 29.2 Å². The van der Waals surface area contributed by atoms with Gasteiger partial charge in [0.25, 0.3) is 0 Å². The molecule has 1 heterocycles. The van der Waals surface area contributed by atoms with Gasteiger partial charge in [0.15, 0.2) is 5.78 Å². The van der Waals surface area contributed by atoms with Crippen LogP contribution in [0.25, 0.3) is 0 Å². The maximum Gasteiger partial charge on any atom is 0.196 e. The van der Waals surface area contributed by atoms with Gasteiger partial charge in [0.1, 0.15) is 0 Å². The lowest BCUT2D eigenvalue weighted by Crippen LogP contribution is -2.05. The molecule has 2 N–H and O–H groups in total. The Bertz CT molecular complexity index is 634. The molecule has 0 atom stereocenters. The summed E-state index contributed by atoms with van der Waals surface area (Å²) in [7, 11) is 1.49. The molecular weight excluding hydrogens is 342 g/mol. The molecule has 0 radical (unpaired) electrons. The zero-order valence-electron chi connectivity index (χ0n) is 10.1. The van der Waals surface area contributed by atoms with Crippen molar-refractivity contribution in [3.8, 4) is 0 Å². The number of rotatable bonds is 3. The molecule has 0 amide bonds. The molecule has 2 aromatic rings. The van der Waals surface area contributed by atoms with E-state index in [1.165, 1.54) is 20.6 Å². The van der Waals surface area contributed by atoms with Gasteiger partial charge < -0.3 is 5.73 Å². The maximum absolute atomic E-state index is 12.6. The van der Waals surface area contributed by atoms with E-state index in [1.54, 1.807) is 11.3 Å². The molecule has 0 unspecified atom stereocenters. The molecule has 0 spiro atoms. The predicted octanol–water partition coefficient (Wildman–Crippen LogP) is 4.45. The van der Waals surface area contributed by atoms with Crippen molar-refractivity contribution in [2.45, 2.75) is 24.2 Å². The molecule has 5 heteroatoms. The molecule has 0 saturated carbocycles. The molecule has 2 nitrogen and oxygen atoms in total. The predicted molar refractivity (Wildman–Crippen MR) is 85.4 cm³/mol. The highest BCUT2D eigenvalue weighted by Crippen LogP contribution is 2.38. The van der Waals surface area contributed by atoms with Crippen molar-refractivity contribution in [1.82, 2.24) is 0 Å².